The number of hydrogen-bond donors (Lipinski definition) is 0. The molecule has 0 fully saturated rings. The van der Waals surface area contributed by atoms with Crippen molar-refractivity contribution in [2.45, 2.75) is 11.6 Å². The summed E-state index contributed by atoms with van der Waals surface area (Å²) >= 11 is 7.16. The van der Waals surface area contributed by atoms with Gasteiger partial charge in [-0.1, -0.05) is 23.4 Å². The highest BCUT2D eigenvalue weighted by atomic mass is 35.5. The number of ether oxygens (including phenoxy) is 1. The third kappa shape index (κ3) is 4.68. The molecule has 1 heterocycles. The molecule has 0 aliphatic rings. The van der Waals surface area contributed by atoms with E-state index in [9.17, 15) is 13.6 Å². The Morgan fingerprint density at radius 3 is 2.62 bits per heavy atom. The van der Waals surface area contributed by atoms with Gasteiger partial charge >= 0.3 is 6.61 Å². The number of carbonyl (C=O) groups excluding carboxylic acids is 1. The molecular weight excluding hydrogens is 320 g/mol. The standard InChI is InChI=1S/C14H10ClF2NO2S/c15-11-2-1-7-18-13(11)21-8-12(19)9-3-5-10(6-4-9)20-14(16)17/h1-7,14H,8H2. The monoisotopic (exact) mass is 329 g/mol. The minimum absolute atomic E-state index is 0.0157. The van der Waals surface area contributed by atoms with Gasteiger partial charge in [-0.15, -0.1) is 0 Å². The van der Waals surface area contributed by atoms with Crippen LogP contribution in [0.15, 0.2) is 47.6 Å². The SMILES string of the molecule is O=C(CSc1ncccc1Cl)c1ccc(OC(F)F)cc1. The predicted octanol–water partition coefficient (Wildman–Crippen LogP) is 4.31. The Kier molecular flexibility index (Phi) is 5.52. The molecule has 2 aromatic rings. The summed E-state index contributed by atoms with van der Waals surface area (Å²) in [5.41, 5.74) is 0.413. The molecule has 0 aliphatic heterocycles. The molecule has 2 rings (SSSR count). The second kappa shape index (κ2) is 7.38. The molecule has 110 valence electrons. The van der Waals surface area contributed by atoms with Gasteiger partial charge in [0.15, 0.2) is 5.78 Å². The van der Waals surface area contributed by atoms with Gasteiger partial charge in [0, 0.05) is 11.8 Å². The van der Waals surface area contributed by atoms with E-state index in [1.807, 2.05) is 0 Å². The average molecular weight is 330 g/mol. The third-order valence-corrected chi connectivity index (χ3v) is 3.89. The average Bonchev–Trinajstić information content (AvgIpc) is 2.46. The van der Waals surface area contributed by atoms with E-state index in [4.69, 9.17) is 11.6 Å². The largest absolute Gasteiger partial charge is 0.435 e. The fraction of sp³-hybridized carbons (Fsp3) is 0.143. The van der Waals surface area contributed by atoms with E-state index in [1.54, 1.807) is 18.3 Å². The number of carbonyl (C=O) groups is 1. The van der Waals surface area contributed by atoms with Crippen LogP contribution in [-0.4, -0.2) is 23.1 Å². The molecule has 0 saturated carbocycles. The Bertz CT molecular complexity index is 623. The highest BCUT2D eigenvalue weighted by Gasteiger charge is 2.10. The summed E-state index contributed by atoms with van der Waals surface area (Å²) in [6.45, 7) is -2.88. The topological polar surface area (TPSA) is 39.2 Å². The Balaban J connectivity index is 1.96. The molecule has 3 nitrogen and oxygen atoms in total. The fourth-order valence-corrected chi connectivity index (χ4v) is 2.58. The van der Waals surface area contributed by atoms with Crippen molar-refractivity contribution in [3.05, 3.63) is 53.2 Å². The summed E-state index contributed by atoms with van der Waals surface area (Å²) in [5, 5.41) is 1.06. The molecule has 0 unspecified atom stereocenters. The number of thioether (sulfide) groups is 1. The second-order valence-electron chi connectivity index (χ2n) is 3.91. The van der Waals surface area contributed by atoms with Crippen LogP contribution in [0.3, 0.4) is 0 Å². The normalized spacial score (nSPS) is 10.7. The molecule has 21 heavy (non-hydrogen) atoms. The van der Waals surface area contributed by atoms with E-state index >= 15 is 0 Å². The van der Waals surface area contributed by atoms with Gasteiger partial charge in [0.05, 0.1) is 10.8 Å². The van der Waals surface area contributed by atoms with Crippen LogP contribution in [-0.2, 0) is 0 Å². The Morgan fingerprint density at radius 2 is 2.00 bits per heavy atom. The zero-order valence-electron chi connectivity index (χ0n) is 10.6. The van der Waals surface area contributed by atoms with E-state index in [0.29, 0.717) is 15.6 Å². The lowest BCUT2D eigenvalue weighted by Gasteiger charge is -2.05. The first-order valence-corrected chi connectivity index (χ1v) is 7.24. The molecule has 0 atom stereocenters. The maximum absolute atomic E-state index is 12.0. The second-order valence-corrected chi connectivity index (χ2v) is 5.28. The van der Waals surface area contributed by atoms with Crippen LogP contribution in [0.25, 0.3) is 0 Å². The van der Waals surface area contributed by atoms with E-state index in [-0.39, 0.29) is 17.3 Å². The van der Waals surface area contributed by atoms with Crippen LogP contribution in [0.4, 0.5) is 8.78 Å². The summed E-state index contributed by atoms with van der Waals surface area (Å²) in [7, 11) is 0. The highest BCUT2D eigenvalue weighted by Crippen LogP contribution is 2.25. The van der Waals surface area contributed by atoms with Gasteiger partial charge in [-0.25, -0.2) is 4.98 Å². The van der Waals surface area contributed by atoms with Crippen LogP contribution in [0.5, 0.6) is 5.75 Å². The van der Waals surface area contributed by atoms with E-state index in [1.165, 1.54) is 36.0 Å². The van der Waals surface area contributed by atoms with Crippen LogP contribution >= 0.6 is 23.4 Å². The highest BCUT2D eigenvalue weighted by molar-refractivity contribution is 8.00. The molecule has 0 N–H and O–H groups in total. The number of Topliss-reactive ketones (excluding diaryl/α,β-unsaturated/α-hetero) is 1. The van der Waals surface area contributed by atoms with Crippen molar-refractivity contribution in [1.82, 2.24) is 4.98 Å². The van der Waals surface area contributed by atoms with Crippen molar-refractivity contribution in [2.75, 3.05) is 5.75 Å². The summed E-state index contributed by atoms with van der Waals surface area (Å²) in [5.74, 6) is 0.0264. The molecule has 0 spiro atoms. The molecule has 1 aromatic carbocycles. The third-order valence-electron chi connectivity index (χ3n) is 2.47. The first kappa shape index (κ1) is 15.7. The van der Waals surface area contributed by atoms with Gasteiger partial charge in [0.1, 0.15) is 10.8 Å². The van der Waals surface area contributed by atoms with Gasteiger partial charge in [-0.3, -0.25) is 4.79 Å². The smallest absolute Gasteiger partial charge is 0.387 e. The Hall–Kier alpha value is -1.66. The molecule has 0 bridgehead atoms. The van der Waals surface area contributed by atoms with Gasteiger partial charge in [-0.05, 0) is 36.4 Å². The first-order chi connectivity index (χ1) is 10.1. The number of rotatable bonds is 6. The van der Waals surface area contributed by atoms with Crippen LogP contribution in [0, 0.1) is 0 Å². The molecule has 0 saturated heterocycles. The Labute approximate surface area is 129 Å². The fourth-order valence-electron chi connectivity index (χ4n) is 1.52. The van der Waals surface area contributed by atoms with Crippen molar-refractivity contribution in [3.8, 4) is 5.75 Å². The van der Waals surface area contributed by atoms with Gasteiger partial charge < -0.3 is 4.74 Å². The molecular formula is C14H10ClF2NO2S. The van der Waals surface area contributed by atoms with Gasteiger partial charge in [0.2, 0.25) is 0 Å². The number of aromatic nitrogens is 1. The number of alkyl halides is 2. The summed E-state index contributed by atoms with van der Waals surface area (Å²) < 4.78 is 28.2. The lowest BCUT2D eigenvalue weighted by molar-refractivity contribution is -0.0498. The predicted molar refractivity (Wildman–Crippen MR) is 77.4 cm³/mol. The van der Waals surface area contributed by atoms with Crippen LogP contribution < -0.4 is 4.74 Å². The number of nitrogens with zero attached hydrogens (tertiary/aromatic N) is 1. The van der Waals surface area contributed by atoms with E-state index in [2.05, 4.69) is 9.72 Å². The number of hydrogen-bond acceptors (Lipinski definition) is 4. The van der Waals surface area contributed by atoms with Crippen LogP contribution in [0.2, 0.25) is 5.02 Å². The summed E-state index contributed by atoms with van der Waals surface area (Å²) in [4.78, 5) is 16.0. The van der Waals surface area contributed by atoms with Gasteiger partial charge in [-0.2, -0.15) is 8.78 Å². The minimum atomic E-state index is -2.88. The molecule has 0 radical (unpaired) electrons. The summed E-state index contributed by atoms with van der Waals surface area (Å²) in [6, 6.07) is 8.95. The zero-order chi connectivity index (χ0) is 15.2. The summed E-state index contributed by atoms with van der Waals surface area (Å²) in [6.07, 6.45) is 1.59. The number of benzene rings is 1. The maximum Gasteiger partial charge on any atom is 0.387 e. The van der Waals surface area contributed by atoms with Crippen molar-refractivity contribution in [2.24, 2.45) is 0 Å². The molecule has 1 aromatic heterocycles. The van der Waals surface area contributed by atoms with Crippen molar-refractivity contribution in [1.29, 1.82) is 0 Å². The van der Waals surface area contributed by atoms with Crippen LogP contribution in [0.1, 0.15) is 10.4 Å². The molecule has 0 amide bonds. The van der Waals surface area contributed by atoms with Crippen molar-refractivity contribution in [3.63, 3.8) is 0 Å². The lowest BCUT2D eigenvalue weighted by Crippen LogP contribution is -2.04. The quantitative estimate of drug-likeness (QED) is 0.584. The lowest BCUT2D eigenvalue weighted by atomic mass is 10.1. The number of ketones is 1. The zero-order valence-corrected chi connectivity index (χ0v) is 12.2. The van der Waals surface area contributed by atoms with E-state index in [0.717, 1.165) is 0 Å². The number of pyridine rings is 1. The maximum atomic E-state index is 12.0. The first-order valence-electron chi connectivity index (χ1n) is 5.87. The molecule has 7 heteroatoms. The van der Waals surface area contributed by atoms with Crippen molar-refractivity contribution < 1.29 is 18.3 Å². The molecule has 0 aliphatic carbocycles. The van der Waals surface area contributed by atoms with Crippen molar-refractivity contribution >= 4 is 29.1 Å². The Morgan fingerprint density at radius 1 is 1.29 bits per heavy atom. The van der Waals surface area contributed by atoms with Gasteiger partial charge in [0.25, 0.3) is 0 Å². The van der Waals surface area contributed by atoms with E-state index < -0.39 is 6.61 Å². The number of halogens is 3. The minimum Gasteiger partial charge on any atom is -0.435 e.